The summed E-state index contributed by atoms with van der Waals surface area (Å²) in [6.07, 6.45) is 0.182. The van der Waals surface area contributed by atoms with Crippen LogP contribution in [0.1, 0.15) is 23.2 Å². The summed E-state index contributed by atoms with van der Waals surface area (Å²) >= 11 is 6.02. The number of hydrogen-bond acceptors (Lipinski definition) is 5. The first kappa shape index (κ1) is 19.4. The number of aliphatic carboxylic acids is 1. The minimum atomic E-state index is -1.10. The molecule has 2 saturated heterocycles. The molecular formula is C18H21ClN2O6. The molecule has 0 aliphatic carbocycles. The summed E-state index contributed by atoms with van der Waals surface area (Å²) in [5.74, 6) is -1.29. The quantitative estimate of drug-likeness (QED) is 0.823. The summed E-state index contributed by atoms with van der Waals surface area (Å²) in [4.78, 5) is 40.1. The molecule has 27 heavy (non-hydrogen) atoms. The van der Waals surface area contributed by atoms with E-state index in [9.17, 15) is 14.4 Å². The van der Waals surface area contributed by atoms with Crippen LogP contribution in [-0.2, 0) is 14.3 Å². The van der Waals surface area contributed by atoms with E-state index in [4.69, 9.17) is 26.2 Å². The average Bonchev–Trinajstić information content (AvgIpc) is 3.16. The minimum Gasteiger partial charge on any atom is -0.496 e. The molecule has 0 bridgehead atoms. The van der Waals surface area contributed by atoms with Crippen LogP contribution < -0.4 is 4.74 Å². The Balaban J connectivity index is 1.79. The number of likely N-dealkylation sites (tertiary alicyclic amines) is 1. The van der Waals surface area contributed by atoms with Gasteiger partial charge in [0, 0.05) is 18.1 Å². The molecule has 9 heteroatoms. The van der Waals surface area contributed by atoms with E-state index < -0.39 is 18.1 Å². The summed E-state index contributed by atoms with van der Waals surface area (Å²) in [6.45, 7) is 0.887. The van der Waals surface area contributed by atoms with Crippen molar-refractivity contribution in [2.24, 2.45) is 0 Å². The van der Waals surface area contributed by atoms with Gasteiger partial charge < -0.3 is 24.4 Å². The second-order valence-electron chi connectivity index (χ2n) is 6.48. The molecule has 0 aromatic heterocycles. The van der Waals surface area contributed by atoms with Gasteiger partial charge in [-0.3, -0.25) is 9.59 Å². The van der Waals surface area contributed by atoms with Crippen molar-refractivity contribution in [3.63, 3.8) is 0 Å². The Hall–Kier alpha value is -2.32. The Bertz CT molecular complexity index is 755. The van der Waals surface area contributed by atoms with Gasteiger partial charge in [-0.25, -0.2) is 4.79 Å². The minimum absolute atomic E-state index is 0.0207. The van der Waals surface area contributed by atoms with Crippen molar-refractivity contribution >= 4 is 29.4 Å². The highest BCUT2D eigenvalue weighted by molar-refractivity contribution is 6.31. The van der Waals surface area contributed by atoms with Crippen molar-refractivity contribution in [2.75, 3.05) is 33.4 Å². The van der Waals surface area contributed by atoms with Crippen LogP contribution in [0, 0.1) is 0 Å². The normalized spacial score (nSPS) is 22.6. The summed E-state index contributed by atoms with van der Waals surface area (Å²) < 4.78 is 10.4. The third-order valence-corrected chi connectivity index (χ3v) is 5.08. The number of carboxylic acid groups (broad SMARTS) is 1. The number of carbonyl (C=O) groups excluding carboxylic acids is 2. The number of methoxy groups -OCH3 is 1. The van der Waals surface area contributed by atoms with Crippen LogP contribution in [0.3, 0.4) is 0 Å². The smallest absolute Gasteiger partial charge is 0.334 e. The molecule has 0 spiro atoms. The first-order valence-corrected chi connectivity index (χ1v) is 9.08. The third-order valence-electron chi connectivity index (χ3n) is 4.84. The number of carbonyl (C=O) groups is 3. The van der Waals surface area contributed by atoms with Crippen LogP contribution in [0.4, 0.5) is 0 Å². The highest BCUT2D eigenvalue weighted by atomic mass is 35.5. The lowest BCUT2D eigenvalue weighted by Gasteiger charge is -2.35. The zero-order chi connectivity index (χ0) is 19.6. The molecule has 2 heterocycles. The van der Waals surface area contributed by atoms with Gasteiger partial charge in [0.1, 0.15) is 11.8 Å². The SMILES string of the molecule is COc1ccc(Cl)cc1C(=O)N1CCCC1C(=O)N1CCOC(C(=O)O)C1. The Morgan fingerprint density at radius 3 is 2.78 bits per heavy atom. The van der Waals surface area contributed by atoms with Gasteiger partial charge in [0.05, 0.1) is 25.8 Å². The number of ether oxygens (including phenoxy) is 2. The molecule has 0 saturated carbocycles. The number of rotatable bonds is 4. The fraction of sp³-hybridized carbons (Fsp3) is 0.500. The Morgan fingerprint density at radius 2 is 2.07 bits per heavy atom. The fourth-order valence-corrected chi connectivity index (χ4v) is 3.65. The molecule has 2 aliphatic heterocycles. The van der Waals surface area contributed by atoms with Gasteiger partial charge in [-0.15, -0.1) is 0 Å². The van der Waals surface area contributed by atoms with Crippen LogP contribution in [0.25, 0.3) is 0 Å². The van der Waals surface area contributed by atoms with E-state index in [-0.39, 0.29) is 25.0 Å². The number of morpholine rings is 1. The second kappa shape index (κ2) is 8.14. The number of hydrogen-bond donors (Lipinski definition) is 1. The Labute approximate surface area is 161 Å². The van der Waals surface area contributed by atoms with Crippen molar-refractivity contribution in [1.29, 1.82) is 0 Å². The molecule has 2 amide bonds. The monoisotopic (exact) mass is 396 g/mol. The Morgan fingerprint density at radius 1 is 1.30 bits per heavy atom. The highest BCUT2D eigenvalue weighted by Gasteiger charge is 2.39. The van der Waals surface area contributed by atoms with Crippen molar-refractivity contribution in [3.05, 3.63) is 28.8 Å². The maximum atomic E-state index is 13.0. The molecule has 2 aliphatic rings. The molecule has 2 atom stereocenters. The number of amides is 2. The zero-order valence-electron chi connectivity index (χ0n) is 14.9. The third kappa shape index (κ3) is 4.01. The topological polar surface area (TPSA) is 96.4 Å². The van der Waals surface area contributed by atoms with Gasteiger partial charge in [-0.1, -0.05) is 11.6 Å². The molecule has 8 nitrogen and oxygen atoms in total. The van der Waals surface area contributed by atoms with E-state index in [1.807, 2.05) is 0 Å². The van der Waals surface area contributed by atoms with E-state index in [0.717, 1.165) is 0 Å². The summed E-state index contributed by atoms with van der Waals surface area (Å²) in [6, 6.07) is 4.14. The average molecular weight is 397 g/mol. The summed E-state index contributed by atoms with van der Waals surface area (Å²) in [5.41, 5.74) is 0.301. The summed E-state index contributed by atoms with van der Waals surface area (Å²) in [5, 5.41) is 9.52. The molecule has 1 aromatic carbocycles. The lowest BCUT2D eigenvalue weighted by molar-refractivity contribution is -0.160. The van der Waals surface area contributed by atoms with Crippen molar-refractivity contribution in [2.45, 2.75) is 25.0 Å². The van der Waals surface area contributed by atoms with Crippen LogP contribution in [0.15, 0.2) is 18.2 Å². The van der Waals surface area contributed by atoms with Crippen molar-refractivity contribution < 1.29 is 29.0 Å². The van der Waals surface area contributed by atoms with Crippen molar-refractivity contribution in [1.82, 2.24) is 9.80 Å². The van der Waals surface area contributed by atoms with Crippen LogP contribution in [0.2, 0.25) is 5.02 Å². The van der Waals surface area contributed by atoms with E-state index >= 15 is 0 Å². The van der Waals surface area contributed by atoms with Crippen LogP contribution in [-0.4, -0.2) is 78.2 Å². The van der Waals surface area contributed by atoms with Gasteiger partial charge in [-0.2, -0.15) is 0 Å². The molecule has 146 valence electrons. The highest BCUT2D eigenvalue weighted by Crippen LogP contribution is 2.28. The molecule has 3 rings (SSSR count). The number of benzene rings is 1. The van der Waals surface area contributed by atoms with Gasteiger partial charge in [0.15, 0.2) is 6.10 Å². The predicted octanol–water partition coefficient (Wildman–Crippen LogP) is 1.27. The molecule has 1 N–H and O–H groups in total. The molecule has 2 fully saturated rings. The van der Waals surface area contributed by atoms with Gasteiger partial charge in [-0.05, 0) is 31.0 Å². The first-order valence-electron chi connectivity index (χ1n) is 8.70. The van der Waals surface area contributed by atoms with Gasteiger partial charge in [0.2, 0.25) is 5.91 Å². The fourth-order valence-electron chi connectivity index (χ4n) is 3.48. The molecular weight excluding hydrogens is 376 g/mol. The zero-order valence-corrected chi connectivity index (χ0v) is 15.6. The lowest BCUT2D eigenvalue weighted by atomic mass is 10.1. The summed E-state index contributed by atoms with van der Waals surface area (Å²) in [7, 11) is 1.46. The largest absolute Gasteiger partial charge is 0.496 e. The molecule has 1 aromatic rings. The van der Waals surface area contributed by atoms with Crippen molar-refractivity contribution in [3.8, 4) is 5.75 Å². The van der Waals surface area contributed by atoms with E-state index in [1.54, 1.807) is 12.1 Å². The molecule has 2 unspecified atom stereocenters. The number of halogens is 1. The second-order valence-corrected chi connectivity index (χ2v) is 6.92. The molecule has 0 radical (unpaired) electrons. The van der Waals surface area contributed by atoms with Gasteiger partial charge in [0.25, 0.3) is 5.91 Å². The maximum absolute atomic E-state index is 13.0. The van der Waals surface area contributed by atoms with Crippen LogP contribution >= 0.6 is 11.6 Å². The maximum Gasteiger partial charge on any atom is 0.334 e. The van der Waals surface area contributed by atoms with E-state index in [0.29, 0.717) is 42.3 Å². The standard InChI is InChI=1S/C18H21ClN2O6/c1-26-14-5-4-11(19)9-12(14)16(22)21-6-2-3-13(21)17(23)20-7-8-27-15(10-20)18(24)25/h4-5,9,13,15H,2-3,6-8,10H2,1H3,(H,24,25). The number of nitrogens with zero attached hydrogens (tertiary/aromatic N) is 2. The lowest BCUT2D eigenvalue weighted by Crippen LogP contribution is -2.54. The number of carboxylic acids is 1. The van der Waals surface area contributed by atoms with Crippen LogP contribution in [0.5, 0.6) is 5.75 Å². The first-order chi connectivity index (χ1) is 12.9. The van der Waals surface area contributed by atoms with Gasteiger partial charge >= 0.3 is 5.97 Å². The van der Waals surface area contributed by atoms with E-state index in [1.165, 1.54) is 23.0 Å². The predicted molar refractivity (Wildman–Crippen MR) is 96.0 cm³/mol. The van der Waals surface area contributed by atoms with E-state index in [2.05, 4.69) is 0 Å². The Kier molecular flexibility index (Phi) is 5.86.